The highest BCUT2D eigenvalue weighted by atomic mass is 35.5. The van der Waals surface area contributed by atoms with Crippen molar-refractivity contribution in [2.75, 3.05) is 12.4 Å². The maximum absolute atomic E-state index is 12.2. The standard InChI is InChI=1S/C14H18ClN3O2.ClH/c1-17-12(19)10-5-4-9(8-11(10)15)18-13(20)14(16)6-2-3-7-14;/h4-5,8H,2-3,6-7,16H2,1H3,(H,17,19)(H,18,20);1H. The van der Waals surface area contributed by atoms with Crippen molar-refractivity contribution in [2.45, 2.75) is 31.2 Å². The largest absolute Gasteiger partial charge is 0.355 e. The fourth-order valence-corrected chi connectivity index (χ4v) is 2.67. The maximum atomic E-state index is 12.2. The third kappa shape index (κ3) is 3.87. The van der Waals surface area contributed by atoms with Gasteiger partial charge in [0.1, 0.15) is 0 Å². The normalized spacial score (nSPS) is 16.0. The Balaban J connectivity index is 0.00000220. The number of anilines is 1. The Kier molecular flexibility index (Phi) is 6.01. The summed E-state index contributed by atoms with van der Waals surface area (Å²) >= 11 is 6.04. The summed E-state index contributed by atoms with van der Waals surface area (Å²) in [6.45, 7) is 0. The number of carbonyl (C=O) groups excluding carboxylic acids is 2. The predicted octanol–water partition coefficient (Wildman–Crippen LogP) is 2.33. The summed E-state index contributed by atoms with van der Waals surface area (Å²) in [5.41, 5.74) is 6.21. The molecular formula is C14H19Cl2N3O2. The van der Waals surface area contributed by atoms with Crippen LogP contribution in [0.2, 0.25) is 5.02 Å². The van der Waals surface area contributed by atoms with Crippen molar-refractivity contribution in [1.29, 1.82) is 0 Å². The van der Waals surface area contributed by atoms with Gasteiger partial charge in [-0.25, -0.2) is 0 Å². The summed E-state index contributed by atoms with van der Waals surface area (Å²) in [5.74, 6) is -0.460. The van der Waals surface area contributed by atoms with Gasteiger partial charge in [-0.2, -0.15) is 0 Å². The predicted molar refractivity (Wildman–Crippen MR) is 86.1 cm³/mol. The van der Waals surface area contributed by atoms with Crippen LogP contribution in [0.3, 0.4) is 0 Å². The van der Waals surface area contributed by atoms with E-state index in [1.807, 2.05) is 0 Å². The molecule has 1 aliphatic rings. The SMILES string of the molecule is CNC(=O)c1ccc(NC(=O)C2(N)CCCC2)cc1Cl.Cl. The Morgan fingerprint density at radius 1 is 1.29 bits per heavy atom. The first-order chi connectivity index (χ1) is 9.46. The van der Waals surface area contributed by atoms with Gasteiger partial charge < -0.3 is 16.4 Å². The lowest BCUT2D eigenvalue weighted by molar-refractivity contribution is -0.121. The van der Waals surface area contributed by atoms with Crippen molar-refractivity contribution in [1.82, 2.24) is 5.32 Å². The molecule has 0 saturated heterocycles. The van der Waals surface area contributed by atoms with E-state index in [1.165, 1.54) is 7.05 Å². The molecule has 1 aromatic rings. The highest BCUT2D eigenvalue weighted by Gasteiger charge is 2.37. The summed E-state index contributed by atoms with van der Waals surface area (Å²) in [5, 5.41) is 5.56. The number of hydrogen-bond donors (Lipinski definition) is 3. The molecule has 7 heteroatoms. The van der Waals surface area contributed by atoms with Gasteiger partial charge in [0.15, 0.2) is 0 Å². The first-order valence-electron chi connectivity index (χ1n) is 6.58. The molecule has 0 spiro atoms. The molecule has 5 nitrogen and oxygen atoms in total. The average molecular weight is 332 g/mol. The molecule has 0 bridgehead atoms. The molecule has 1 aromatic carbocycles. The van der Waals surface area contributed by atoms with Gasteiger partial charge in [0.2, 0.25) is 5.91 Å². The number of hydrogen-bond acceptors (Lipinski definition) is 3. The summed E-state index contributed by atoms with van der Waals surface area (Å²) < 4.78 is 0. The number of amides is 2. The quantitative estimate of drug-likeness (QED) is 0.794. The highest BCUT2D eigenvalue weighted by Crippen LogP contribution is 2.29. The van der Waals surface area contributed by atoms with E-state index >= 15 is 0 Å². The van der Waals surface area contributed by atoms with Crippen molar-refractivity contribution in [3.63, 3.8) is 0 Å². The molecule has 0 radical (unpaired) electrons. The number of nitrogens with one attached hydrogen (secondary N) is 2. The van der Waals surface area contributed by atoms with Crippen LogP contribution in [0.4, 0.5) is 5.69 Å². The second-order valence-corrected chi connectivity index (χ2v) is 5.50. The Morgan fingerprint density at radius 3 is 2.43 bits per heavy atom. The lowest BCUT2D eigenvalue weighted by Gasteiger charge is -2.22. The van der Waals surface area contributed by atoms with Crippen LogP contribution in [0.15, 0.2) is 18.2 Å². The number of carbonyl (C=O) groups is 2. The van der Waals surface area contributed by atoms with Crippen LogP contribution in [0.5, 0.6) is 0 Å². The van der Waals surface area contributed by atoms with E-state index in [0.29, 0.717) is 29.1 Å². The molecule has 0 aliphatic heterocycles. The molecule has 116 valence electrons. The summed E-state index contributed by atoms with van der Waals surface area (Å²) in [7, 11) is 1.53. The van der Waals surface area contributed by atoms with E-state index in [-0.39, 0.29) is 24.2 Å². The van der Waals surface area contributed by atoms with E-state index in [0.717, 1.165) is 12.8 Å². The highest BCUT2D eigenvalue weighted by molar-refractivity contribution is 6.34. The van der Waals surface area contributed by atoms with Crippen LogP contribution in [-0.2, 0) is 4.79 Å². The van der Waals surface area contributed by atoms with Gasteiger partial charge in [0.25, 0.3) is 5.91 Å². The van der Waals surface area contributed by atoms with Crippen molar-refractivity contribution in [3.8, 4) is 0 Å². The lowest BCUT2D eigenvalue weighted by Crippen LogP contribution is -2.48. The minimum Gasteiger partial charge on any atom is -0.355 e. The first-order valence-corrected chi connectivity index (χ1v) is 6.96. The molecular weight excluding hydrogens is 313 g/mol. The molecule has 1 saturated carbocycles. The summed E-state index contributed by atoms with van der Waals surface area (Å²) in [6, 6.07) is 4.78. The molecule has 0 aromatic heterocycles. The van der Waals surface area contributed by atoms with E-state index in [9.17, 15) is 9.59 Å². The van der Waals surface area contributed by atoms with Gasteiger partial charge in [0, 0.05) is 12.7 Å². The number of rotatable bonds is 3. The van der Waals surface area contributed by atoms with Crippen LogP contribution in [-0.4, -0.2) is 24.4 Å². The first kappa shape index (κ1) is 17.8. The molecule has 2 amide bonds. The molecule has 21 heavy (non-hydrogen) atoms. The summed E-state index contributed by atoms with van der Waals surface area (Å²) in [6.07, 6.45) is 3.34. The zero-order valence-corrected chi connectivity index (χ0v) is 13.3. The molecule has 1 aliphatic carbocycles. The Hall–Kier alpha value is -1.30. The minimum absolute atomic E-state index is 0. The van der Waals surface area contributed by atoms with Gasteiger partial charge in [-0.05, 0) is 31.0 Å². The molecule has 1 fully saturated rings. The third-order valence-electron chi connectivity index (χ3n) is 3.65. The minimum atomic E-state index is -0.786. The van der Waals surface area contributed by atoms with Crippen LogP contribution in [0.25, 0.3) is 0 Å². The fourth-order valence-electron chi connectivity index (χ4n) is 2.40. The van der Waals surface area contributed by atoms with E-state index in [1.54, 1.807) is 18.2 Å². The maximum Gasteiger partial charge on any atom is 0.252 e. The molecule has 0 heterocycles. The molecule has 2 rings (SSSR count). The van der Waals surface area contributed by atoms with Gasteiger partial charge in [0.05, 0.1) is 16.1 Å². The molecule has 0 atom stereocenters. The average Bonchev–Trinajstić information content (AvgIpc) is 2.86. The van der Waals surface area contributed by atoms with E-state index < -0.39 is 5.54 Å². The monoisotopic (exact) mass is 331 g/mol. The van der Waals surface area contributed by atoms with Gasteiger partial charge >= 0.3 is 0 Å². The topological polar surface area (TPSA) is 84.2 Å². The Morgan fingerprint density at radius 2 is 1.90 bits per heavy atom. The lowest BCUT2D eigenvalue weighted by atomic mass is 9.98. The fraction of sp³-hybridized carbons (Fsp3) is 0.429. The zero-order chi connectivity index (χ0) is 14.8. The Bertz CT molecular complexity index is 543. The molecule has 0 unspecified atom stereocenters. The van der Waals surface area contributed by atoms with E-state index in [4.69, 9.17) is 17.3 Å². The van der Waals surface area contributed by atoms with Gasteiger partial charge in [-0.15, -0.1) is 12.4 Å². The van der Waals surface area contributed by atoms with Crippen LogP contribution < -0.4 is 16.4 Å². The second kappa shape index (κ2) is 7.11. The number of nitrogens with two attached hydrogens (primary N) is 1. The van der Waals surface area contributed by atoms with Crippen molar-refractivity contribution < 1.29 is 9.59 Å². The Labute approximate surface area is 135 Å². The van der Waals surface area contributed by atoms with Crippen molar-refractivity contribution in [3.05, 3.63) is 28.8 Å². The van der Waals surface area contributed by atoms with Crippen molar-refractivity contribution >= 4 is 41.5 Å². The molecule has 4 N–H and O–H groups in total. The third-order valence-corrected chi connectivity index (χ3v) is 3.96. The number of benzene rings is 1. The van der Waals surface area contributed by atoms with Crippen LogP contribution >= 0.6 is 24.0 Å². The smallest absolute Gasteiger partial charge is 0.252 e. The van der Waals surface area contributed by atoms with Crippen LogP contribution in [0.1, 0.15) is 36.0 Å². The van der Waals surface area contributed by atoms with Gasteiger partial charge in [-0.3, -0.25) is 9.59 Å². The summed E-state index contributed by atoms with van der Waals surface area (Å²) in [4.78, 5) is 23.7. The van der Waals surface area contributed by atoms with E-state index in [2.05, 4.69) is 10.6 Å². The van der Waals surface area contributed by atoms with Gasteiger partial charge in [-0.1, -0.05) is 24.4 Å². The number of halogens is 2. The van der Waals surface area contributed by atoms with Crippen molar-refractivity contribution in [2.24, 2.45) is 5.73 Å². The second-order valence-electron chi connectivity index (χ2n) is 5.09. The van der Waals surface area contributed by atoms with Crippen LogP contribution in [0, 0.1) is 0 Å². The zero-order valence-electron chi connectivity index (χ0n) is 11.7.